The average Bonchev–Trinajstić information content (AvgIpc) is 2.60. The maximum Gasteiger partial charge on any atom is 0.174 e. The fourth-order valence-corrected chi connectivity index (χ4v) is 3.99. The molecule has 1 unspecified atom stereocenters. The molecule has 138 valence electrons. The largest absolute Gasteiger partial charge is 0.507 e. The fraction of sp³-hybridized carbons (Fsp3) is 0.292. The molecular weight excluding hydrogens is 336 g/mol. The second kappa shape index (κ2) is 6.12. The number of fused-ring (bicyclic) bond motifs is 1. The highest BCUT2D eigenvalue weighted by Crippen LogP contribution is 2.44. The second-order valence-corrected chi connectivity index (χ2v) is 8.32. The van der Waals surface area contributed by atoms with Crippen LogP contribution in [-0.2, 0) is 5.41 Å². The first-order valence-corrected chi connectivity index (χ1v) is 9.32. The van der Waals surface area contributed by atoms with Gasteiger partial charge in [-0.2, -0.15) is 0 Å². The van der Waals surface area contributed by atoms with Crippen LogP contribution in [0.1, 0.15) is 55.1 Å². The van der Waals surface area contributed by atoms with Crippen LogP contribution in [-0.4, -0.2) is 16.5 Å². The maximum atomic E-state index is 12.5. The lowest BCUT2D eigenvalue weighted by molar-refractivity contribution is 0.0613. The van der Waals surface area contributed by atoms with Gasteiger partial charge in [-0.25, -0.2) is 0 Å². The van der Waals surface area contributed by atoms with Crippen LogP contribution in [0.3, 0.4) is 0 Å². The molecule has 0 saturated heterocycles. The molecule has 0 aromatic heterocycles. The molecule has 0 saturated carbocycles. The highest BCUT2D eigenvalue weighted by molar-refractivity contribution is 6.03. The van der Waals surface area contributed by atoms with Crippen molar-refractivity contribution < 1.29 is 14.6 Å². The summed E-state index contributed by atoms with van der Waals surface area (Å²) < 4.78 is 6.04. The number of ether oxygens (including phenoxy) is 1. The van der Waals surface area contributed by atoms with Gasteiger partial charge in [0.05, 0.1) is 6.42 Å². The van der Waals surface area contributed by atoms with Crippen molar-refractivity contribution in [3.05, 3.63) is 77.4 Å². The van der Waals surface area contributed by atoms with Gasteiger partial charge >= 0.3 is 0 Å². The fourth-order valence-electron chi connectivity index (χ4n) is 3.99. The first-order chi connectivity index (χ1) is 12.8. The highest BCUT2D eigenvalue weighted by Gasteiger charge is 2.36. The van der Waals surface area contributed by atoms with Crippen molar-refractivity contribution >= 4 is 11.4 Å². The first-order valence-electron chi connectivity index (χ1n) is 9.32. The van der Waals surface area contributed by atoms with Gasteiger partial charge in [-0.1, -0.05) is 55.5 Å². The Hall–Kier alpha value is -2.81. The third kappa shape index (κ3) is 3.18. The number of benzene rings is 2. The lowest BCUT2D eigenvalue weighted by atomic mass is 9.74. The van der Waals surface area contributed by atoms with Crippen molar-refractivity contribution in [1.29, 1.82) is 0 Å². The van der Waals surface area contributed by atoms with Gasteiger partial charge in [-0.05, 0) is 49.1 Å². The number of phenolic OH excluding ortho intramolecular Hbond substituents is 1. The van der Waals surface area contributed by atoms with E-state index in [1.807, 2.05) is 38.1 Å². The second-order valence-electron chi connectivity index (χ2n) is 8.32. The summed E-state index contributed by atoms with van der Waals surface area (Å²) in [6.07, 6.45) is 7.62. The number of allylic oxidation sites excluding steroid dienone is 4. The molecule has 3 nitrogen and oxygen atoms in total. The highest BCUT2D eigenvalue weighted by atomic mass is 16.5. The van der Waals surface area contributed by atoms with Gasteiger partial charge in [0.25, 0.3) is 0 Å². The van der Waals surface area contributed by atoms with Crippen LogP contribution in [0.4, 0.5) is 0 Å². The lowest BCUT2D eigenvalue weighted by Crippen LogP contribution is -2.36. The molecule has 1 N–H and O–H groups in total. The van der Waals surface area contributed by atoms with E-state index in [0.29, 0.717) is 11.3 Å². The minimum atomic E-state index is -0.562. The van der Waals surface area contributed by atoms with Gasteiger partial charge in [0, 0.05) is 5.41 Å². The predicted octanol–water partition coefficient (Wildman–Crippen LogP) is 5.44. The van der Waals surface area contributed by atoms with Crippen LogP contribution in [0.5, 0.6) is 11.5 Å². The van der Waals surface area contributed by atoms with Gasteiger partial charge in [0.1, 0.15) is 22.7 Å². The molecule has 27 heavy (non-hydrogen) atoms. The summed E-state index contributed by atoms with van der Waals surface area (Å²) in [5.41, 5.74) is 2.71. The monoisotopic (exact) mass is 360 g/mol. The van der Waals surface area contributed by atoms with Gasteiger partial charge in [0.15, 0.2) is 5.78 Å². The Kier molecular flexibility index (Phi) is 3.99. The molecule has 1 heterocycles. The van der Waals surface area contributed by atoms with Crippen LogP contribution in [0, 0.1) is 0 Å². The van der Waals surface area contributed by atoms with Gasteiger partial charge in [-0.3, -0.25) is 4.79 Å². The normalized spacial score (nSPS) is 23.4. The van der Waals surface area contributed by atoms with E-state index in [0.717, 1.165) is 23.1 Å². The number of hydrogen-bond donors (Lipinski definition) is 1. The standard InChI is InChI=1S/C24H24O3/c1-23(2)15-20(26)22-19(25)12-18(13-21(22)27-23)24(3)11-7-10-17(14-24)16-8-5-4-6-9-16/h4-10,12-14,25H,11,15H2,1-3H3. The van der Waals surface area contributed by atoms with Crippen LogP contribution in [0.2, 0.25) is 0 Å². The smallest absolute Gasteiger partial charge is 0.174 e. The van der Waals surface area contributed by atoms with Crippen molar-refractivity contribution in [2.75, 3.05) is 0 Å². The summed E-state index contributed by atoms with van der Waals surface area (Å²) in [7, 11) is 0. The van der Waals surface area contributed by atoms with Crippen molar-refractivity contribution in [2.45, 2.75) is 44.6 Å². The quantitative estimate of drug-likeness (QED) is 0.776. The van der Waals surface area contributed by atoms with E-state index >= 15 is 0 Å². The molecular formula is C24H24O3. The summed E-state index contributed by atoms with van der Waals surface area (Å²) in [5.74, 6) is 0.421. The molecule has 0 amide bonds. The number of aromatic hydroxyl groups is 1. The number of phenols is 1. The minimum Gasteiger partial charge on any atom is -0.507 e. The molecule has 0 bridgehead atoms. The molecule has 1 aliphatic heterocycles. The predicted molar refractivity (Wildman–Crippen MR) is 107 cm³/mol. The lowest BCUT2D eigenvalue weighted by Gasteiger charge is -2.35. The zero-order valence-electron chi connectivity index (χ0n) is 16.0. The van der Waals surface area contributed by atoms with Crippen molar-refractivity contribution in [2.24, 2.45) is 0 Å². The number of carbonyl (C=O) groups excluding carboxylic acids is 1. The molecule has 1 aliphatic carbocycles. The summed E-state index contributed by atoms with van der Waals surface area (Å²) >= 11 is 0. The molecule has 2 aromatic carbocycles. The summed E-state index contributed by atoms with van der Waals surface area (Å²) in [5, 5.41) is 10.6. The Morgan fingerprint density at radius 3 is 2.56 bits per heavy atom. The van der Waals surface area contributed by atoms with E-state index < -0.39 is 5.60 Å². The average molecular weight is 360 g/mol. The summed E-state index contributed by atoms with van der Waals surface area (Å²) in [6, 6.07) is 13.9. The molecule has 3 heteroatoms. The molecule has 1 atom stereocenters. The van der Waals surface area contributed by atoms with E-state index in [4.69, 9.17) is 4.74 Å². The number of carbonyl (C=O) groups is 1. The Bertz CT molecular complexity index is 967. The van der Waals surface area contributed by atoms with Gasteiger partial charge in [0.2, 0.25) is 0 Å². The molecule has 0 fully saturated rings. The van der Waals surface area contributed by atoms with Crippen LogP contribution in [0.15, 0.2) is 60.7 Å². The van der Waals surface area contributed by atoms with Crippen molar-refractivity contribution in [3.63, 3.8) is 0 Å². The third-order valence-electron chi connectivity index (χ3n) is 5.41. The van der Waals surface area contributed by atoms with E-state index in [1.54, 1.807) is 6.07 Å². The molecule has 0 radical (unpaired) electrons. The maximum absolute atomic E-state index is 12.5. The van der Waals surface area contributed by atoms with E-state index in [2.05, 4.69) is 37.3 Å². The van der Waals surface area contributed by atoms with Crippen LogP contribution < -0.4 is 4.74 Å². The Morgan fingerprint density at radius 1 is 1.07 bits per heavy atom. The van der Waals surface area contributed by atoms with Crippen LogP contribution in [0.25, 0.3) is 5.57 Å². The summed E-state index contributed by atoms with van der Waals surface area (Å²) in [4.78, 5) is 12.5. The van der Waals surface area contributed by atoms with E-state index in [9.17, 15) is 9.90 Å². The van der Waals surface area contributed by atoms with Crippen molar-refractivity contribution in [3.8, 4) is 11.5 Å². The number of hydrogen-bond acceptors (Lipinski definition) is 3. The van der Waals surface area contributed by atoms with Gasteiger partial charge < -0.3 is 9.84 Å². The van der Waals surface area contributed by atoms with Crippen LogP contribution >= 0.6 is 0 Å². The SMILES string of the molecule is CC1(C)CC(=O)c2c(O)cc(C3(C)C=C(c4ccccc4)C=CC3)cc2O1. The van der Waals surface area contributed by atoms with E-state index in [1.165, 1.54) is 0 Å². The third-order valence-corrected chi connectivity index (χ3v) is 5.41. The summed E-state index contributed by atoms with van der Waals surface area (Å²) in [6.45, 7) is 5.95. The topological polar surface area (TPSA) is 46.5 Å². The Morgan fingerprint density at radius 2 is 1.81 bits per heavy atom. The van der Waals surface area contributed by atoms with Crippen molar-refractivity contribution in [1.82, 2.24) is 0 Å². The van der Waals surface area contributed by atoms with E-state index in [-0.39, 0.29) is 23.4 Å². The zero-order valence-corrected chi connectivity index (χ0v) is 16.0. The number of Topliss-reactive ketones (excluding diaryl/α,β-unsaturated/α-hetero) is 1. The number of ketones is 1. The molecule has 2 aliphatic rings. The molecule has 2 aromatic rings. The molecule has 0 spiro atoms. The zero-order chi connectivity index (χ0) is 19.2. The minimum absolute atomic E-state index is 0.00781. The molecule has 4 rings (SSSR count). The first kappa shape index (κ1) is 17.6. The number of rotatable bonds is 2. The Balaban J connectivity index is 1.80. The Labute approximate surface area is 160 Å². The van der Waals surface area contributed by atoms with Gasteiger partial charge in [-0.15, -0.1) is 0 Å².